The lowest BCUT2D eigenvalue weighted by Gasteiger charge is -2.19. The predicted molar refractivity (Wildman–Crippen MR) is 72.6 cm³/mol. The van der Waals surface area contributed by atoms with Crippen molar-refractivity contribution in [3.63, 3.8) is 0 Å². The first-order chi connectivity index (χ1) is 8.59. The highest BCUT2D eigenvalue weighted by Crippen LogP contribution is 2.21. The first-order valence-corrected chi connectivity index (χ1v) is 5.64. The molecule has 1 aromatic heterocycles. The molecule has 0 spiro atoms. The highest BCUT2D eigenvalue weighted by Gasteiger charge is 2.15. The molecule has 0 saturated carbocycles. The van der Waals surface area contributed by atoms with Crippen LogP contribution in [0.5, 0.6) is 0 Å². The Morgan fingerprint density at radius 3 is 2.78 bits per heavy atom. The third-order valence-electron chi connectivity index (χ3n) is 2.76. The molecule has 4 heteroatoms. The van der Waals surface area contributed by atoms with Crippen LogP contribution in [0.15, 0.2) is 42.7 Å². The molecule has 0 fully saturated rings. The SMILES string of the molecule is Cc1cccc(C(=O)N(C)c2ccncc2N)c1. The van der Waals surface area contributed by atoms with Crippen molar-refractivity contribution in [1.82, 2.24) is 4.98 Å². The molecule has 1 heterocycles. The average molecular weight is 241 g/mol. The number of hydrogen-bond acceptors (Lipinski definition) is 3. The molecule has 92 valence electrons. The second-order valence-electron chi connectivity index (χ2n) is 4.17. The van der Waals surface area contributed by atoms with Crippen LogP contribution in [-0.4, -0.2) is 17.9 Å². The Balaban J connectivity index is 2.32. The molecule has 2 aromatic rings. The summed E-state index contributed by atoms with van der Waals surface area (Å²) in [5, 5.41) is 0. The molecule has 0 aliphatic heterocycles. The van der Waals surface area contributed by atoms with Crippen molar-refractivity contribution in [2.75, 3.05) is 17.7 Å². The number of rotatable bonds is 2. The van der Waals surface area contributed by atoms with E-state index < -0.39 is 0 Å². The van der Waals surface area contributed by atoms with Crippen LogP contribution in [-0.2, 0) is 0 Å². The van der Waals surface area contributed by atoms with Crippen LogP contribution in [0, 0.1) is 6.92 Å². The van der Waals surface area contributed by atoms with Gasteiger partial charge in [0.15, 0.2) is 0 Å². The fourth-order valence-electron chi connectivity index (χ4n) is 1.79. The lowest BCUT2D eigenvalue weighted by Crippen LogP contribution is -2.27. The molecule has 0 unspecified atom stereocenters. The van der Waals surface area contributed by atoms with E-state index in [1.165, 1.54) is 11.1 Å². The van der Waals surface area contributed by atoms with Crippen molar-refractivity contribution in [3.05, 3.63) is 53.9 Å². The summed E-state index contributed by atoms with van der Waals surface area (Å²) in [6.45, 7) is 1.96. The fraction of sp³-hybridized carbons (Fsp3) is 0.143. The van der Waals surface area contributed by atoms with Gasteiger partial charge in [0.05, 0.1) is 17.6 Å². The lowest BCUT2D eigenvalue weighted by molar-refractivity contribution is 0.0993. The van der Waals surface area contributed by atoms with E-state index in [0.29, 0.717) is 16.9 Å². The maximum Gasteiger partial charge on any atom is 0.258 e. The van der Waals surface area contributed by atoms with Crippen molar-refractivity contribution >= 4 is 17.3 Å². The van der Waals surface area contributed by atoms with Crippen LogP contribution < -0.4 is 10.6 Å². The maximum absolute atomic E-state index is 12.3. The van der Waals surface area contributed by atoms with Crippen LogP contribution >= 0.6 is 0 Å². The minimum absolute atomic E-state index is 0.0865. The zero-order chi connectivity index (χ0) is 13.1. The van der Waals surface area contributed by atoms with Gasteiger partial charge in [0.1, 0.15) is 0 Å². The molecule has 18 heavy (non-hydrogen) atoms. The van der Waals surface area contributed by atoms with Gasteiger partial charge >= 0.3 is 0 Å². The summed E-state index contributed by atoms with van der Waals surface area (Å²) in [7, 11) is 1.70. The molecule has 0 saturated heterocycles. The minimum atomic E-state index is -0.0865. The zero-order valence-electron chi connectivity index (χ0n) is 10.4. The number of hydrogen-bond donors (Lipinski definition) is 1. The first-order valence-electron chi connectivity index (χ1n) is 5.64. The quantitative estimate of drug-likeness (QED) is 0.877. The molecule has 2 rings (SSSR count). The van der Waals surface area contributed by atoms with E-state index in [9.17, 15) is 4.79 Å². The van der Waals surface area contributed by atoms with E-state index in [4.69, 9.17) is 5.73 Å². The van der Waals surface area contributed by atoms with E-state index in [2.05, 4.69) is 4.98 Å². The number of aromatic nitrogens is 1. The fourth-order valence-corrected chi connectivity index (χ4v) is 1.79. The molecule has 1 aromatic carbocycles. The van der Waals surface area contributed by atoms with Crippen LogP contribution in [0.1, 0.15) is 15.9 Å². The van der Waals surface area contributed by atoms with Crippen LogP contribution in [0.3, 0.4) is 0 Å². The maximum atomic E-state index is 12.3. The molecular weight excluding hydrogens is 226 g/mol. The summed E-state index contributed by atoms with van der Waals surface area (Å²) in [5.41, 5.74) is 8.66. The van der Waals surface area contributed by atoms with Gasteiger partial charge in [-0.05, 0) is 25.1 Å². The van der Waals surface area contributed by atoms with E-state index >= 15 is 0 Å². The summed E-state index contributed by atoms with van der Waals surface area (Å²) in [4.78, 5) is 17.7. The van der Waals surface area contributed by atoms with Crippen molar-refractivity contribution in [2.24, 2.45) is 0 Å². The number of amides is 1. The van der Waals surface area contributed by atoms with Crippen molar-refractivity contribution in [3.8, 4) is 0 Å². The smallest absolute Gasteiger partial charge is 0.258 e. The zero-order valence-corrected chi connectivity index (χ0v) is 10.4. The highest BCUT2D eigenvalue weighted by molar-refractivity contribution is 6.07. The monoisotopic (exact) mass is 241 g/mol. The highest BCUT2D eigenvalue weighted by atomic mass is 16.2. The molecule has 0 aliphatic carbocycles. The molecule has 4 nitrogen and oxygen atoms in total. The topological polar surface area (TPSA) is 59.2 Å². The Morgan fingerprint density at radius 2 is 2.11 bits per heavy atom. The minimum Gasteiger partial charge on any atom is -0.396 e. The number of nitrogens with two attached hydrogens (primary N) is 1. The Morgan fingerprint density at radius 1 is 1.33 bits per heavy atom. The predicted octanol–water partition coefficient (Wildman–Crippen LogP) is 2.25. The van der Waals surface area contributed by atoms with Crippen LogP contribution in [0.25, 0.3) is 0 Å². The van der Waals surface area contributed by atoms with Gasteiger partial charge in [-0.1, -0.05) is 17.7 Å². The lowest BCUT2D eigenvalue weighted by atomic mass is 10.1. The number of carbonyl (C=O) groups excluding carboxylic acids is 1. The van der Waals surface area contributed by atoms with E-state index in [0.717, 1.165) is 5.56 Å². The van der Waals surface area contributed by atoms with Gasteiger partial charge < -0.3 is 10.6 Å². The number of nitrogens with zero attached hydrogens (tertiary/aromatic N) is 2. The van der Waals surface area contributed by atoms with Gasteiger partial charge in [-0.25, -0.2) is 0 Å². The van der Waals surface area contributed by atoms with Crippen LogP contribution in [0.2, 0.25) is 0 Å². The van der Waals surface area contributed by atoms with Gasteiger partial charge in [0, 0.05) is 18.8 Å². The molecule has 0 radical (unpaired) electrons. The Kier molecular flexibility index (Phi) is 3.28. The second-order valence-corrected chi connectivity index (χ2v) is 4.17. The third kappa shape index (κ3) is 2.32. The summed E-state index contributed by atoms with van der Waals surface area (Å²) < 4.78 is 0. The van der Waals surface area contributed by atoms with E-state index in [1.807, 2.05) is 25.1 Å². The number of nitrogen functional groups attached to an aromatic ring is 1. The number of anilines is 2. The number of aryl methyl sites for hydroxylation is 1. The van der Waals surface area contributed by atoms with Gasteiger partial charge in [0.2, 0.25) is 0 Å². The van der Waals surface area contributed by atoms with E-state index in [1.54, 1.807) is 25.4 Å². The molecular formula is C14H15N3O. The number of pyridine rings is 1. The molecule has 0 aliphatic rings. The number of benzene rings is 1. The third-order valence-corrected chi connectivity index (χ3v) is 2.76. The Hall–Kier alpha value is -2.36. The van der Waals surface area contributed by atoms with E-state index in [-0.39, 0.29) is 5.91 Å². The summed E-state index contributed by atoms with van der Waals surface area (Å²) >= 11 is 0. The van der Waals surface area contributed by atoms with Crippen molar-refractivity contribution in [2.45, 2.75) is 6.92 Å². The second kappa shape index (κ2) is 4.87. The standard InChI is InChI=1S/C14H15N3O/c1-10-4-3-5-11(8-10)14(18)17(2)13-6-7-16-9-12(13)15/h3-9H,15H2,1-2H3. The van der Waals surface area contributed by atoms with Crippen LogP contribution in [0.4, 0.5) is 11.4 Å². The molecule has 0 bridgehead atoms. The average Bonchev–Trinajstić information content (AvgIpc) is 2.37. The summed E-state index contributed by atoms with van der Waals surface area (Å²) in [6.07, 6.45) is 3.15. The van der Waals surface area contributed by atoms with Gasteiger partial charge in [-0.3, -0.25) is 9.78 Å². The molecule has 2 N–H and O–H groups in total. The first kappa shape index (κ1) is 12.1. The largest absolute Gasteiger partial charge is 0.396 e. The Bertz CT molecular complexity index is 581. The van der Waals surface area contributed by atoms with Gasteiger partial charge in [-0.2, -0.15) is 0 Å². The van der Waals surface area contributed by atoms with Crippen molar-refractivity contribution < 1.29 is 4.79 Å². The molecule has 1 amide bonds. The summed E-state index contributed by atoms with van der Waals surface area (Å²) in [5.74, 6) is -0.0865. The number of carbonyl (C=O) groups is 1. The summed E-state index contributed by atoms with van der Waals surface area (Å²) in [6, 6.07) is 9.20. The van der Waals surface area contributed by atoms with Crippen molar-refractivity contribution in [1.29, 1.82) is 0 Å². The Labute approximate surface area is 106 Å². The molecule has 0 atom stereocenters. The normalized spacial score (nSPS) is 10.1. The van der Waals surface area contributed by atoms with Gasteiger partial charge in [-0.15, -0.1) is 0 Å². The van der Waals surface area contributed by atoms with Gasteiger partial charge in [0.25, 0.3) is 5.91 Å².